The first-order valence-electron chi connectivity index (χ1n) is 6.47. The summed E-state index contributed by atoms with van der Waals surface area (Å²) in [4.78, 5) is 17.3. The summed E-state index contributed by atoms with van der Waals surface area (Å²) in [6.45, 7) is 1.81. The molecule has 2 aromatic heterocycles. The van der Waals surface area contributed by atoms with Gasteiger partial charge in [-0.3, -0.25) is 4.79 Å². The summed E-state index contributed by atoms with van der Waals surface area (Å²) in [5.41, 5.74) is 0.329. The minimum absolute atomic E-state index is 0.00691. The average molecular weight is 326 g/mol. The SMILES string of the molecule is Cc1sc(-c2ccco2)nc1C(=O)N[C@@H]1CCS(=O)(=O)C1. The van der Waals surface area contributed by atoms with Gasteiger partial charge in [-0.15, -0.1) is 11.3 Å². The van der Waals surface area contributed by atoms with Crippen LogP contribution in [0.3, 0.4) is 0 Å². The van der Waals surface area contributed by atoms with Gasteiger partial charge in [-0.1, -0.05) is 0 Å². The van der Waals surface area contributed by atoms with Crippen LogP contribution in [0.4, 0.5) is 0 Å². The third-order valence-corrected chi connectivity index (χ3v) is 6.06. The molecule has 2 aromatic rings. The third kappa shape index (κ3) is 3.01. The lowest BCUT2D eigenvalue weighted by Gasteiger charge is -2.09. The van der Waals surface area contributed by atoms with Crippen LogP contribution >= 0.6 is 11.3 Å². The minimum atomic E-state index is -3.01. The Kier molecular flexibility index (Phi) is 3.58. The van der Waals surface area contributed by atoms with E-state index in [0.717, 1.165) is 4.88 Å². The molecule has 0 saturated carbocycles. The van der Waals surface area contributed by atoms with Crippen LogP contribution in [0.15, 0.2) is 22.8 Å². The van der Waals surface area contributed by atoms with Crippen LogP contribution in [0.2, 0.25) is 0 Å². The van der Waals surface area contributed by atoms with Crippen LogP contribution in [-0.4, -0.2) is 36.9 Å². The van der Waals surface area contributed by atoms with Crippen molar-refractivity contribution in [2.24, 2.45) is 0 Å². The smallest absolute Gasteiger partial charge is 0.271 e. The third-order valence-electron chi connectivity index (χ3n) is 3.31. The first-order chi connectivity index (χ1) is 9.94. The summed E-state index contributed by atoms with van der Waals surface area (Å²) in [5.74, 6) is 0.424. The lowest BCUT2D eigenvalue weighted by atomic mass is 10.2. The number of carbonyl (C=O) groups excluding carboxylic acids is 1. The van der Waals surface area contributed by atoms with Crippen LogP contribution in [0.5, 0.6) is 0 Å². The molecule has 1 saturated heterocycles. The van der Waals surface area contributed by atoms with Gasteiger partial charge in [-0.2, -0.15) is 0 Å². The maximum Gasteiger partial charge on any atom is 0.271 e. The largest absolute Gasteiger partial charge is 0.462 e. The van der Waals surface area contributed by atoms with Crippen LogP contribution in [0.25, 0.3) is 10.8 Å². The van der Waals surface area contributed by atoms with Crippen molar-refractivity contribution in [2.75, 3.05) is 11.5 Å². The van der Waals surface area contributed by atoms with Crippen molar-refractivity contribution in [3.05, 3.63) is 29.0 Å². The molecule has 0 spiro atoms. The predicted molar refractivity (Wildman–Crippen MR) is 79.1 cm³/mol. The zero-order valence-corrected chi connectivity index (χ0v) is 13.0. The van der Waals surface area contributed by atoms with E-state index < -0.39 is 9.84 Å². The Bertz CT molecular complexity index is 762. The van der Waals surface area contributed by atoms with E-state index >= 15 is 0 Å². The summed E-state index contributed by atoms with van der Waals surface area (Å²) >= 11 is 1.37. The van der Waals surface area contributed by atoms with E-state index in [2.05, 4.69) is 10.3 Å². The Balaban J connectivity index is 1.76. The lowest BCUT2D eigenvalue weighted by molar-refractivity contribution is 0.0936. The molecular formula is C13H14N2O4S2. The highest BCUT2D eigenvalue weighted by Gasteiger charge is 2.30. The second kappa shape index (κ2) is 5.27. The van der Waals surface area contributed by atoms with E-state index in [1.165, 1.54) is 11.3 Å². The van der Waals surface area contributed by atoms with E-state index in [4.69, 9.17) is 4.42 Å². The van der Waals surface area contributed by atoms with Gasteiger partial charge in [0.1, 0.15) is 5.69 Å². The normalized spacial score (nSPS) is 20.5. The van der Waals surface area contributed by atoms with Crippen molar-refractivity contribution in [1.29, 1.82) is 0 Å². The Labute approximate surface area is 126 Å². The van der Waals surface area contributed by atoms with Crippen molar-refractivity contribution in [3.8, 4) is 10.8 Å². The molecular weight excluding hydrogens is 312 g/mol. The highest BCUT2D eigenvalue weighted by molar-refractivity contribution is 7.91. The minimum Gasteiger partial charge on any atom is -0.462 e. The fourth-order valence-electron chi connectivity index (χ4n) is 2.28. The highest BCUT2D eigenvalue weighted by Crippen LogP contribution is 2.28. The van der Waals surface area contributed by atoms with Crippen molar-refractivity contribution in [1.82, 2.24) is 10.3 Å². The number of aromatic nitrogens is 1. The molecule has 112 valence electrons. The molecule has 1 atom stereocenters. The van der Waals surface area contributed by atoms with Crippen LogP contribution in [0.1, 0.15) is 21.8 Å². The molecule has 1 N–H and O–H groups in total. The van der Waals surface area contributed by atoms with Gasteiger partial charge in [0.2, 0.25) is 0 Å². The Morgan fingerprint density at radius 3 is 2.95 bits per heavy atom. The molecule has 3 heterocycles. The molecule has 0 unspecified atom stereocenters. The van der Waals surface area contributed by atoms with Gasteiger partial charge in [0.15, 0.2) is 20.6 Å². The molecule has 21 heavy (non-hydrogen) atoms. The zero-order chi connectivity index (χ0) is 15.0. The number of furan rings is 1. The number of thiazole rings is 1. The van der Waals surface area contributed by atoms with Crippen molar-refractivity contribution >= 4 is 27.1 Å². The van der Waals surface area contributed by atoms with Crippen molar-refractivity contribution in [2.45, 2.75) is 19.4 Å². The maximum atomic E-state index is 12.2. The van der Waals surface area contributed by atoms with Gasteiger partial charge in [0.05, 0.1) is 17.8 Å². The Morgan fingerprint density at radius 1 is 1.52 bits per heavy atom. The summed E-state index contributed by atoms with van der Waals surface area (Å²) in [5, 5.41) is 3.39. The molecule has 0 aromatic carbocycles. The topological polar surface area (TPSA) is 89.3 Å². The first-order valence-corrected chi connectivity index (χ1v) is 9.11. The van der Waals surface area contributed by atoms with Gasteiger partial charge in [-0.25, -0.2) is 13.4 Å². The van der Waals surface area contributed by atoms with E-state index in [0.29, 0.717) is 22.9 Å². The van der Waals surface area contributed by atoms with Gasteiger partial charge in [0, 0.05) is 10.9 Å². The summed E-state index contributed by atoms with van der Waals surface area (Å²) in [7, 11) is -3.01. The van der Waals surface area contributed by atoms with Crippen LogP contribution in [-0.2, 0) is 9.84 Å². The second-order valence-corrected chi connectivity index (χ2v) is 8.41. The number of aryl methyl sites for hydroxylation is 1. The number of rotatable bonds is 3. The van der Waals surface area contributed by atoms with Crippen molar-refractivity contribution < 1.29 is 17.6 Å². The Hall–Kier alpha value is -1.67. The molecule has 6 nitrogen and oxygen atoms in total. The van der Waals surface area contributed by atoms with Crippen molar-refractivity contribution in [3.63, 3.8) is 0 Å². The molecule has 0 radical (unpaired) electrons. The van der Waals surface area contributed by atoms with E-state index in [9.17, 15) is 13.2 Å². The average Bonchev–Trinajstić information content (AvgIpc) is 3.09. The summed E-state index contributed by atoms with van der Waals surface area (Å²) < 4.78 is 28.1. The van der Waals surface area contributed by atoms with Gasteiger partial charge < -0.3 is 9.73 Å². The van der Waals surface area contributed by atoms with E-state index in [1.807, 2.05) is 6.92 Å². The predicted octanol–water partition coefficient (Wildman–Crippen LogP) is 1.63. The molecule has 1 aliphatic rings. The van der Waals surface area contributed by atoms with Crippen LogP contribution < -0.4 is 5.32 Å². The van der Waals surface area contributed by atoms with Gasteiger partial charge >= 0.3 is 0 Å². The fraction of sp³-hybridized carbons (Fsp3) is 0.385. The number of hydrogen-bond acceptors (Lipinski definition) is 6. The van der Waals surface area contributed by atoms with Gasteiger partial charge in [0.25, 0.3) is 5.91 Å². The molecule has 1 aliphatic heterocycles. The summed E-state index contributed by atoms with van der Waals surface area (Å²) in [6, 6.07) is 3.22. The molecule has 3 rings (SSSR count). The molecule has 8 heteroatoms. The first kappa shape index (κ1) is 14.3. The molecule has 0 aliphatic carbocycles. The molecule has 0 bridgehead atoms. The molecule has 1 amide bonds. The number of sulfone groups is 1. The van der Waals surface area contributed by atoms with Crippen LogP contribution in [0, 0.1) is 6.92 Å². The number of nitrogens with zero attached hydrogens (tertiary/aromatic N) is 1. The lowest BCUT2D eigenvalue weighted by Crippen LogP contribution is -2.36. The zero-order valence-electron chi connectivity index (χ0n) is 11.3. The number of amides is 1. The molecule has 1 fully saturated rings. The number of nitrogens with one attached hydrogen (secondary N) is 1. The van der Waals surface area contributed by atoms with E-state index in [-0.39, 0.29) is 23.5 Å². The van der Waals surface area contributed by atoms with E-state index in [1.54, 1.807) is 18.4 Å². The fourth-order valence-corrected chi connectivity index (χ4v) is 4.83. The number of hydrogen-bond donors (Lipinski definition) is 1. The Morgan fingerprint density at radius 2 is 2.33 bits per heavy atom. The maximum absolute atomic E-state index is 12.2. The second-order valence-electron chi connectivity index (χ2n) is 4.97. The highest BCUT2D eigenvalue weighted by atomic mass is 32.2. The quantitative estimate of drug-likeness (QED) is 0.926. The number of carbonyl (C=O) groups is 1. The monoisotopic (exact) mass is 326 g/mol. The summed E-state index contributed by atoms with van der Waals surface area (Å²) in [6.07, 6.45) is 2.01. The standard InChI is InChI=1S/C13H14N2O4S2/c1-8-11(15-13(20-8)10-3-2-5-19-10)12(16)14-9-4-6-21(17,18)7-9/h2-3,5,9H,4,6-7H2,1H3,(H,14,16)/t9-/m1/s1. The van der Waals surface area contributed by atoms with Gasteiger partial charge in [-0.05, 0) is 25.5 Å².